The average molecular weight is 357 g/mol. The van der Waals surface area contributed by atoms with Gasteiger partial charge in [0, 0.05) is 37.3 Å². The van der Waals surface area contributed by atoms with Crippen LogP contribution in [0.15, 0.2) is 59.1 Å². The third-order valence-electron chi connectivity index (χ3n) is 5.48. The lowest BCUT2D eigenvalue weighted by Gasteiger charge is -2.36. The van der Waals surface area contributed by atoms with Crippen molar-refractivity contribution in [1.29, 1.82) is 0 Å². The van der Waals surface area contributed by atoms with Gasteiger partial charge < -0.3 is 14.5 Å². The summed E-state index contributed by atoms with van der Waals surface area (Å²) in [5.74, 6) is 0.392. The third-order valence-corrected chi connectivity index (χ3v) is 5.48. The number of carbonyl (C=O) groups is 1. The SMILES string of the molecule is C.C=C(CC)C1=CN2CC1C/C=C(C=O)\C(C)=C/2C(=C)N1CCOCC1. The van der Waals surface area contributed by atoms with Crippen LogP contribution in [0.3, 0.4) is 0 Å². The molecule has 0 spiro atoms. The van der Waals surface area contributed by atoms with Crippen LogP contribution in [-0.2, 0) is 9.53 Å². The van der Waals surface area contributed by atoms with E-state index in [2.05, 4.69) is 42.2 Å². The first-order valence-corrected chi connectivity index (χ1v) is 9.11. The van der Waals surface area contributed by atoms with Gasteiger partial charge in [-0.05, 0) is 30.9 Å². The molecule has 3 heterocycles. The molecule has 3 rings (SSSR count). The molecular formula is C22H32N2O2. The highest BCUT2D eigenvalue weighted by molar-refractivity contribution is 5.81. The zero-order valence-corrected chi connectivity index (χ0v) is 15.4. The summed E-state index contributed by atoms with van der Waals surface area (Å²) < 4.78 is 5.47. The molecule has 0 N–H and O–H groups in total. The second kappa shape index (κ2) is 8.54. The van der Waals surface area contributed by atoms with Crippen molar-refractivity contribution in [2.45, 2.75) is 34.1 Å². The number of carbonyl (C=O) groups excluding carboxylic acids is 1. The summed E-state index contributed by atoms with van der Waals surface area (Å²) in [7, 11) is 0. The Bertz CT molecular complexity index is 678. The Balaban J connectivity index is 0.00000243. The Hall–Kier alpha value is -2.07. The Morgan fingerprint density at radius 3 is 2.65 bits per heavy atom. The first-order chi connectivity index (χ1) is 12.1. The normalized spacial score (nSPS) is 27.5. The van der Waals surface area contributed by atoms with Crippen LogP contribution in [0.5, 0.6) is 0 Å². The van der Waals surface area contributed by atoms with E-state index in [1.165, 1.54) is 11.1 Å². The molecule has 0 aromatic heterocycles. The Labute approximate surface area is 158 Å². The van der Waals surface area contributed by atoms with Gasteiger partial charge in [-0.1, -0.05) is 39.2 Å². The standard InChI is InChI=1S/C21H28N2O2.CH4/c1-5-15(2)20-13-23-12-18(20)6-7-19(14-24)16(3)21(23)17(4)22-8-10-25-11-9-22;/h7,13-14,18H,2,4-6,8-12H2,1,3H3;1H4/b19-7-,21-16-;. The van der Waals surface area contributed by atoms with E-state index in [9.17, 15) is 4.79 Å². The van der Waals surface area contributed by atoms with Crippen molar-refractivity contribution < 1.29 is 9.53 Å². The fourth-order valence-electron chi connectivity index (χ4n) is 3.88. The maximum Gasteiger partial charge on any atom is 0.150 e. The van der Waals surface area contributed by atoms with Crippen LogP contribution < -0.4 is 0 Å². The fraction of sp³-hybridized carbons (Fsp3) is 0.500. The van der Waals surface area contributed by atoms with Crippen molar-refractivity contribution in [3.05, 3.63) is 59.1 Å². The predicted molar refractivity (Wildman–Crippen MR) is 107 cm³/mol. The summed E-state index contributed by atoms with van der Waals surface area (Å²) in [4.78, 5) is 16.2. The molecule has 0 aromatic carbocycles. The third kappa shape index (κ3) is 3.70. The number of aldehydes is 1. The lowest BCUT2D eigenvalue weighted by molar-refractivity contribution is -0.104. The van der Waals surface area contributed by atoms with Crippen LogP contribution in [0.4, 0.5) is 0 Å². The van der Waals surface area contributed by atoms with Gasteiger partial charge >= 0.3 is 0 Å². The van der Waals surface area contributed by atoms with Crippen LogP contribution in [-0.4, -0.2) is 48.9 Å². The Morgan fingerprint density at radius 2 is 2.04 bits per heavy atom. The van der Waals surface area contributed by atoms with Crippen LogP contribution in [0.25, 0.3) is 0 Å². The van der Waals surface area contributed by atoms with Gasteiger partial charge in [-0.25, -0.2) is 0 Å². The number of fused-ring (bicyclic) bond motifs is 2. The molecule has 3 aliphatic rings. The van der Waals surface area contributed by atoms with E-state index in [0.29, 0.717) is 5.92 Å². The van der Waals surface area contributed by atoms with Crippen molar-refractivity contribution in [2.24, 2.45) is 5.92 Å². The molecule has 2 bridgehead atoms. The molecule has 1 unspecified atom stereocenters. The number of hydrogen-bond acceptors (Lipinski definition) is 4. The molecular weight excluding hydrogens is 324 g/mol. The molecule has 0 radical (unpaired) electrons. The molecule has 1 atom stereocenters. The largest absolute Gasteiger partial charge is 0.378 e. The van der Waals surface area contributed by atoms with E-state index in [-0.39, 0.29) is 7.43 Å². The average Bonchev–Trinajstić information content (AvgIpc) is 3.06. The van der Waals surface area contributed by atoms with Gasteiger partial charge in [-0.15, -0.1) is 0 Å². The van der Waals surface area contributed by atoms with Crippen molar-refractivity contribution in [3.8, 4) is 0 Å². The highest BCUT2D eigenvalue weighted by Gasteiger charge is 2.32. The molecule has 0 aliphatic carbocycles. The molecule has 0 aromatic rings. The Morgan fingerprint density at radius 1 is 1.35 bits per heavy atom. The van der Waals surface area contributed by atoms with Gasteiger partial charge in [0.05, 0.1) is 24.6 Å². The minimum absolute atomic E-state index is 0. The summed E-state index contributed by atoms with van der Waals surface area (Å²) in [5, 5.41) is 0. The minimum atomic E-state index is 0. The van der Waals surface area contributed by atoms with Gasteiger partial charge in [0.1, 0.15) is 6.29 Å². The van der Waals surface area contributed by atoms with Gasteiger partial charge in [0.2, 0.25) is 0 Å². The molecule has 4 nitrogen and oxygen atoms in total. The highest BCUT2D eigenvalue weighted by atomic mass is 16.5. The number of hydrogen-bond donors (Lipinski definition) is 0. The number of allylic oxidation sites excluding steroid dienone is 4. The zero-order chi connectivity index (χ0) is 18.0. The van der Waals surface area contributed by atoms with Crippen LogP contribution >= 0.6 is 0 Å². The molecule has 26 heavy (non-hydrogen) atoms. The van der Waals surface area contributed by atoms with Gasteiger partial charge in [0.15, 0.2) is 0 Å². The Kier molecular flexibility index (Phi) is 6.65. The summed E-state index contributed by atoms with van der Waals surface area (Å²) in [5.41, 5.74) is 6.31. The lowest BCUT2D eigenvalue weighted by atomic mass is 9.90. The van der Waals surface area contributed by atoms with Crippen molar-refractivity contribution >= 4 is 6.29 Å². The smallest absolute Gasteiger partial charge is 0.150 e. The molecule has 0 saturated carbocycles. The summed E-state index contributed by atoms with van der Waals surface area (Å²) in [6, 6.07) is 0. The minimum Gasteiger partial charge on any atom is -0.378 e. The quantitative estimate of drug-likeness (QED) is 0.696. The zero-order valence-electron chi connectivity index (χ0n) is 15.4. The second-order valence-corrected chi connectivity index (χ2v) is 6.92. The van der Waals surface area contributed by atoms with Crippen molar-refractivity contribution in [3.63, 3.8) is 0 Å². The number of rotatable bonds is 5. The topological polar surface area (TPSA) is 32.8 Å². The molecule has 4 heteroatoms. The first-order valence-electron chi connectivity index (χ1n) is 9.11. The van der Waals surface area contributed by atoms with Crippen molar-refractivity contribution in [2.75, 3.05) is 32.8 Å². The van der Waals surface area contributed by atoms with Crippen LogP contribution in [0, 0.1) is 5.92 Å². The fourth-order valence-corrected chi connectivity index (χ4v) is 3.88. The number of ether oxygens (including phenoxy) is 1. The van der Waals surface area contributed by atoms with Crippen LogP contribution in [0.2, 0.25) is 0 Å². The number of morpholine rings is 1. The molecule has 1 fully saturated rings. The van der Waals surface area contributed by atoms with E-state index in [1.807, 2.05) is 6.92 Å². The molecule has 142 valence electrons. The predicted octanol–water partition coefficient (Wildman–Crippen LogP) is 4.05. The van der Waals surface area contributed by atoms with Gasteiger partial charge in [0.25, 0.3) is 0 Å². The van der Waals surface area contributed by atoms with Gasteiger partial charge in [-0.3, -0.25) is 4.79 Å². The van der Waals surface area contributed by atoms with Crippen molar-refractivity contribution in [1.82, 2.24) is 9.80 Å². The van der Waals surface area contributed by atoms with E-state index in [0.717, 1.165) is 74.5 Å². The highest BCUT2D eigenvalue weighted by Crippen LogP contribution is 2.39. The maximum atomic E-state index is 11.7. The maximum absolute atomic E-state index is 11.7. The monoisotopic (exact) mass is 356 g/mol. The van der Waals surface area contributed by atoms with E-state index in [4.69, 9.17) is 4.74 Å². The molecule has 0 amide bonds. The van der Waals surface area contributed by atoms with Crippen LogP contribution in [0.1, 0.15) is 34.1 Å². The first kappa shape index (κ1) is 20.2. The molecule has 1 saturated heterocycles. The van der Waals surface area contributed by atoms with E-state index in [1.54, 1.807) is 0 Å². The second-order valence-electron chi connectivity index (χ2n) is 6.92. The molecule has 3 aliphatic heterocycles. The number of nitrogens with zero attached hydrogens (tertiary/aromatic N) is 2. The summed E-state index contributed by atoms with van der Waals surface area (Å²) in [6.45, 7) is 16.8. The van der Waals surface area contributed by atoms with Gasteiger partial charge in [-0.2, -0.15) is 0 Å². The van der Waals surface area contributed by atoms with E-state index < -0.39 is 0 Å². The lowest BCUT2D eigenvalue weighted by Crippen LogP contribution is -2.38. The summed E-state index contributed by atoms with van der Waals surface area (Å²) in [6.07, 6.45) is 7.11. The summed E-state index contributed by atoms with van der Waals surface area (Å²) >= 11 is 0. The van der Waals surface area contributed by atoms with E-state index >= 15 is 0 Å².